The average molecular weight is 375 g/mol. The molecule has 0 atom stereocenters. The van der Waals surface area contributed by atoms with E-state index < -0.39 is 0 Å². The topological polar surface area (TPSA) is 68.5 Å². The highest BCUT2D eigenvalue weighted by Crippen LogP contribution is 2.20. The third kappa shape index (κ3) is 5.49. The quantitative estimate of drug-likeness (QED) is 0.719. The molecule has 0 N–H and O–H groups in total. The Bertz CT molecular complexity index is 694. The predicted octanol–water partition coefficient (Wildman–Crippen LogP) is 3.55. The number of benzene rings is 1. The van der Waals surface area contributed by atoms with E-state index in [2.05, 4.69) is 10.2 Å². The van der Waals surface area contributed by atoms with Crippen LogP contribution in [0.4, 0.5) is 0 Å². The summed E-state index contributed by atoms with van der Waals surface area (Å²) in [6.45, 7) is 1.73. The van der Waals surface area contributed by atoms with Crippen molar-refractivity contribution in [2.75, 3.05) is 26.0 Å². The highest BCUT2D eigenvalue weighted by Gasteiger charge is 2.17. The molecule has 2 heterocycles. The average Bonchev–Trinajstić information content (AvgIpc) is 3.07. The summed E-state index contributed by atoms with van der Waals surface area (Å²) in [6.07, 6.45) is 6.49. The molecule has 1 aliphatic heterocycles. The van der Waals surface area contributed by atoms with Gasteiger partial charge in [0.25, 0.3) is 5.22 Å². The molecule has 0 aliphatic carbocycles. The van der Waals surface area contributed by atoms with Crippen LogP contribution < -0.4 is 4.74 Å². The van der Waals surface area contributed by atoms with Crippen LogP contribution in [0, 0.1) is 0 Å². The molecule has 6 nitrogen and oxygen atoms in total. The minimum absolute atomic E-state index is 0.159. The lowest BCUT2D eigenvalue weighted by atomic mass is 10.1. The van der Waals surface area contributed by atoms with Gasteiger partial charge in [-0.2, -0.15) is 0 Å². The van der Waals surface area contributed by atoms with Crippen LogP contribution in [-0.2, 0) is 11.2 Å². The maximum absolute atomic E-state index is 12.4. The SMILES string of the molecule is COc1ccc(Cc2nnc(SCC(=O)N3CCCCCCC3)o2)cc1. The Morgan fingerprint density at radius 3 is 2.50 bits per heavy atom. The summed E-state index contributed by atoms with van der Waals surface area (Å²) in [4.78, 5) is 14.4. The third-order valence-corrected chi connectivity index (χ3v) is 5.29. The van der Waals surface area contributed by atoms with Gasteiger partial charge < -0.3 is 14.1 Å². The second-order valence-electron chi connectivity index (χ2n) is 6.42. The first-order valence-electron chi connectivity index (χ1n) is 9.10. The summed E-state index contributed by atoms with van der Waals surface area (Å²) in [6, 6.07) is 7.76. The van der Waals surface area contributed by atoms with Gasteiger partial charge in [0.05, 0.1) is 19.3 Å². The van der Waals surface area contributed by atoms with E-state index in [0.29, 0.717) is 23.3 Å². The van der Waals surface area contributed by atoms with Crippen molar-refractivity contribution in [3.05, 3.63) is 35.7 Å². The molecular formula is C19H25N3O3S. The van der Waals surface area contributed by atoms with Crippen LogP contribution in [0.2, 0.25) is 0 Å². The standard InChI is InChI=1S/C19H25N3O3S/c1-24-16-9-7-15(8-10-16)13-17-20-21-19(25-17)26-14-18(23)22-11-5-3-2-4-6-12-22/h7-10H,2-6,11-14H2,1H3. The van der Waals surface area contributed by atoms with Gasteiger partial charge in [0, 0.05) is 13.1 Å². The number of ether oxygens (including phenoxy) is 1. The minimum atomic E-state index is 0.159. The Hall–Kier alpha value is -2.02. The summed E-state index contributed by atoms with van der Waals surface area (Å²) >= 11 is 1.32. The third-order valence-electron chi connectivity index (χ3n) is 4.49. The van der Waals surface area contributed by atoms with E-state index in [4.69, 9.17) is 9.15 Å². The molecule has 0 unspecified atom stereocenters. The van der Waals surface area contributed by atoms with E-state index in [1.165, 1.54) is 31.0 Å². The van der Waals surface area contributed by atoms with Crippen molar-refractivity contribution >= 4 is 17.7 Å². The molecule has 0 radical (unpaired) electrons. The van der Waals surface area contributed by atoms with Crippen molar-refractivity contribution in [2.24, 2.45) is 0 Å². The van der Waals surface area contributed by atoms with E-state index >= 15 is 0 Å². The van der Waals surface area contributed by atoms with E-state index in [1.807, 2.05) is 29.2 Å². The van der Waals surface area contributed by atoms with E-state index in [-0.39, 0.29) is 5.91 Å². The summed E-state index contributed by atoms with van der Waals surface area (Å²) in [5.41, 5.74) is 1.07. The van der Waals surface area contributed by atoms with Gasteiger partial charge in [0.15, 0.2) is 0 Å². The first kappa shape index (κ1) is 18.8. The van der Waals surface area contributed by atoms with Crippen LogP contribution >= 0.6 is 11.8 Å². The van der Waals surface area contributed by atoms with Crippen LogP contribution in [0.1, 0.15) is 43.6 Å². The number of hydrogen-bond donors (Lipinski definition) is 0. The van der Waals surface area contributed by atoms with Crippen molar-refractivity contribution in [1.29, 1.82) is 0 Å². The zero-order valence-electron chi connectivity index (χ0n) is 15.1. The van der Waals surface area contributed by atoms with E-state index in [1.54, 1.807) is 7.11 Å². The molecule has 0 spiro atoms. The maximum Gasteiger partial charge on any atom is 0.277 e. The Balaban J connectivity index is 1.48. The van der Waals surface area contributed by atoms with Crippen molar-refractivity contribution < 1.29 is 13.9 Å². The highest BCUT2D eigenvalue weighted by molar-refractivity contribution is 7.99. The zero-order chi connectivity index (χ0) is 18.2. The van der Waals surface area contributed by atoms with Gasteiger partial charge in [0.2, 0.25) is 11.8 Å². The molecule has 26 heavy (non-hydrogen) atoms. The number of amides is 1. The molecule has 1 aliphatic rings. The van der Waals surface area contributed by atoms with Crippen LogP contribution in [0.3, 0.4) is 0 Å². The van der Waals surface area contributed by atoms with Gasteiger partial charge in [0.1, 0.15) is 5.75 Å². The fourth-order valence-electron chi connectivity index (χ4n) is 3.00. The molecule has 7 heteroatoms. The molecule has 1 amide bonds. The predicted molar refractivity (Wildman–Crippen MR) is 100 cm³/mol. The normalized spacial score (nSPS) is 15.3. The first-order chi connectivity index (χ1) is 12.7. The smallest absolute Gasteiger partial charge is 0.277 e. The summed E-state index contributed by atoms with van der Waals surface area (Å²) in [7, 11) is 1.64. The number of carbonyl (C=O) groups is 1. The van der Waals surface area contributed by atoms with Gasteiger partial charge in [-0.1, -0.05) is 43.2 Å². The number of methoxy groups -OCH3 is 1. The molecule has 2 aromatic rings. The fourth-order valence-corrected chi connectivity index (χ4v) is 3.68. The number of likely N-dealkylation sites (tertiary alicyclic amines) is 1. The minimum Gasteiger partial charge on any atom is -0.497 e. The van der Waals surface area contributed by atoms with E-state index in [9.17, 15) is 4.79 Å². The Morgan fingerprint density at radius 1 is 1.12 bits per heavy atom. The lowest BCUT2D eigenvalue weighted by Crippen LogP contribution is -2.35. The van der Waals surface area contributed by atoms with Crippen LogP contribution in [-0.4, -0.2) is 47.0 Å². The van der Waals surface area contributed by atoms with Crippen LogP contribution in [0.5, 0.6) is 5.75 Å². The molecule has 140 valence electrons. The number of thioether (sulfide) groups is 1. The van der Waals surface area contributed by atoms with Gasteiger partial charge in [-0.3, -0.25) is 4.79 Å². The number of hydrogen-bond acceptors (Lipinski definition) is 6. The second-order valence-corrected chi connectivity index (χ2v) is 7.35. The number of aromatic nitrogens is 2. The fraction of sp³-hybridized carbons (Fsp3) is 0.526. The van der Waals surface area contributed by atoms with Gasteiger partial charge in [-0.15, -0.1) is 10.2 Å². The lowest BCUT2D eigenvalue weighted by Gasteiger charge is -2.24. The number of carbonyl (C=O) groups excluding carboxylic acids is 1. The van der Waals surface area contributed by atoms with Gasteiger partial charge >= 0.3 is 0 Å². The largest absolute Gasteiger partial charge is 0.497 e. The maximum atomic E-state index is 12.4. The van der Waals surface area contributed by atoms with E-state index in [0.717, 1.165) is 37.2 Å². The monoisotopic (exact) mass is 375 g/mol. The van der Waals surface area contributed by atoms with Crippen molar-refractivity contribution in [2.45, 2.75) is 43.7 Å². The Labute approximate surface area is 158 Å². The van der Waals surface area contributed by atoms with Crippen LogP contribution in [0.15, 0.2) is 33.9 Å². The molecule has 1 saturated heterocycles. The Morgan fingerprint density at radius 2 is 1.81 bits per heavy atom. The first-order valence-corrected chi connectivity index (χ1v) is 10.1. The zero-order valence-corrected chi connectivity index (χ0v) is 16.0. The second kappa shape index (κ2) is 9.62. The number of nitrogens with zero attached hydrogens (tertiary/aromatic N) is 3. The molecular weight excluding hydrogens is 350 g/mol. The lowest BCUT2D eigenvalue weighted by molar-refractivity contribution is -0.128. The molecule has 1 aromatic carbocycles. The summed E-state index contributed by atoms with van der Waals surface area (Å²) < 4.78 is 10.8. The van der Waals surface area contributed by atoms with Gasteiger partial charge in [-0.05, 0) is 30.5 Å². The van der Waals surface area contributed by atoms with Crippen LogP contribution in [0.25, 0.3) is 0 Å². The molecule has 1 aromatic heterocycles. The van der Waals surface area contributed by atoms with Crippen molar-refractivity contribution in [3.8, 4) is 5.75 Å². The molecule has 3 rings (SSSR count). The Kier molecular flexibility index (Phi) is 6.94. The number of rotatable bonds is 6. The van der Waals surface area contributed by atoms with Crippen molar-refractivity contribution in [1.82, 2.24) is 15.1 Å². The molecule has 0 saturated carbocycles. The summed E-state index contributed by atoms with van der Waals surface area (Å²) in [5, 5.41) is 8.58. The highest BCUT2D eigenvalue weighted by atomic mass is 32.2. The molecule has 0 bridgehead atoms. The molecule has 1 fully saturated rings. The van der Waals surface area contributed by atoms with Gasteiger partial charge in [-0.25, -0.2) is 0 Å². The summed E-state index contributed by atoms with van der Waals surface area (Å²) in [5.74, 6) is 1.88. The van der Waals surface area contributed by atoms with Crippen molar-refractivity contribution in [3.63, 3.8) is 0 Å².